The molecule has 3 N–H and O–H groups in total. The summed E-state index contributed by atoms with van der Waals surface area (Å²) in [5.74, 6) is 0.143. The number of aromatic nitrogens is 1. The summed E-state index contributed by atoms with van der Waals surface area (Å²) in [6, 6.07) is 10.3. The molecule has 3 aromatic rings. The fourth-order valence-corrected chi connectivity index (χ4v) is 3.59. The van der Waals surface area contributed by atoms with Crippen molar-refractivity contribution in [2.75, 3.05) is 10.0 Å². The van der Waals surface area contributed by atoms with Gasteiger partial charge in [0.15, 0.2) is 21.4 Å². The van der Waals surface area contributed by atoms with Gasteiger partial charge in [-0.25, -0.2) is 8.42 Å². The molecular formula is C16H13BrN4O5S2. The lowest BCUT2D eigenvalue weighted by Gasteiger charge is -2.10. The van der Waals surface area contributed by atoms with Gasteiger partial charge in [0.1, 0.15) is 5.76 Å². The number of halogens is 1. The smallest absolute Gasteiger partial charge is 0.293 e. The van der Waals surface area contributed by atoms with Gasteiger partial charge in [0.2, 0.25) is 0 Å². The van der Waals surface area contributed by atoms with Crippen LogP contribution in [0.5, 0.6) is 0 Å². The van der Waals surface area contributed by atoms with Crippen LogP contribution in [0.2, 0.25) is 0 Å². The highest BCUT2D eigenvalue weighted by Crippen LogP contribution is 2.18. The predicted octanol–water partition coefficient (Wildman–Crippen LogP) is 3.27. The van der Waals surface area contributed by atoms with Crippen LogP contribution in [0, 0.1) is 6.92 Å². The Labute approximate surface area is 173 Å². The monoisotopic (exact) mass is 484 g/mol. The highest BCUT2D eigenvalue weighted by Gasteiger charge is 2.17. The maximum absolute atomic E-state index is 12.3. The SMILES string of the molecule is Cc1cc(NS(=O)(=O)c2ccc(NC(=S)NC(=O)c3ccc(Br)o3)cc2)no1. The third-order valence-corrected chi connectivity index (χ3v) is 5.31. The van der Waals surface area contributed by atoms with E-state index in [9.17, 15) is 13.2 Å². The van der Waals surface area contributed by atoms with Gasteiger partial charge in [-0.15, -0.1) is 0 Å². The summed E-state index contributed by atoms with van der Waals surface area (Å²) < 4.78 is 37.4. The number of anilines is 2. The zero-order valence-corrected chi connectivity index (χ0v) is 17.4. The summed E-state index contributed by atoms with van der Waals surface area (Å²) in [7, 11) is -3.82. The highest BCUT2D eigenvalue weighted by molar-refractivity contribution is 9.10. The first kappa shape index (κ1) is 20.0. The molecule has 0 aliphatic rings. The number of rotatable bonds is 5. The van der Waals surface area contributed by atoms with E-state index in [0.29, 0.717) is 16.1 Å². The van der Waals surface area contributed by atoms with Crippen LogP contribution in [0.25, 0.3) is 0 Å². The van der Waals surface area contributed by atoms with Gasteiger partial charge in [-0.1, -0.05) is 5.16 Å². The molecule has 3 rings (SSSR count). The number of benzene rings is 1. The maximum atomic E-state index is 12.3. The van der Waals surface area contributed by atoms with E-state index in [4.69, 9.17) is 21.2 Å². The van der Waals surface area contributed by atoms with E-state index in [-0.39, 0.29) is 21.6 Å². The summed E-state index contributed by atoms with van der Waals surface area (Å²) in [6.45, 7) is 1.65. The number of carbonyl (C=O) groups is 1. The number of carbonyl (C=O) groups excluding carboxylic acids is 1. The number of hydrogen-bond donors (Lipinski definition) is 3. The average Bonchev–Trinajstić information content (AvgIpc) is 3.23. The van der Waals surface area contributed by atoms with Gasteiger partial charge in [0.25, 0.3) is 15.9 Å². The van der Waals surface area contributed by atoms with Gasteiger partial charge in [-0.3, -0.25) is 14.8 Å². The highest BCUT2D eigenvalue weighted by atomic mass is 79.9. The topological polar surface area (TPSA) is 126 Å². The first-order valence-corrected chi connectivity index (χ1v) is 10.4. The fourth-order valence-electron chi connectivity index (χ4n) is 2.09. The van der Waals surface area contributed by atoms with Crippen LogP contribution in [-0.2, 0) is 10.0 Å². The molecule has 0 aliphatic heterocycles. The second-order valence-corrected chi connectivity index (χ2v) is 8.34. The fraction of sp³-hybridized carbons (Fsp3) is 0.0625. The van der Waals surface area contributed by atoms with Crippen LogP contribution in [0.1, 0.15) is 16.3 Å². The third-order valence-electron chi connectivity index (χ3n) is 3.31. The minimum absolute atomic E-state index is 0.0223. The number of thiocarbonyl (C=S) groups is 1. The second-order valence-electron chi connectivity index (χ2n) is 5.46. The number of amides is 1. The molecule has 0 saturated heterocycles. The Morgan fingerprint density at radius 1 is 1.18 bits per heavy atom. The number of hydrogen-bond acceptors (Lipinski definition) is 7. The van der Waals surface area contributed by atoms with Gasteiger partial charge >= 0.3 is 0 Å². The van der Waals surface area contributed by atoms with Crippen LogP contribution >= 0.6 is 28.1 Å². The molecule has 1 amide bonds. The van der Waals surface area contributed by atoms with Crippen LogP contribution in [0.3, 0.4) is 0 Å². The molecule has 2 aromatic heterocycles. The van der Waals surface area contributed by atoms with Gasteiger partial charge in [-0.05, 0) is 71.5 Å². The molecule has 0 spiro atoms. The summed E-state index contributed by atoms with van der Waals surface area (Å²) in [5.41, 5.74) is 0.488. The molecule has 9 nitrogen and oxygen atoms in total. The van der Waals surface area contributed by atoms with Crippen molar-refractivity contribution in [2.45, 2.75) is 11.8 Å². The van der Waals surface area contributed by atoms with E-state index in [2.05, 4.69) is 36.4 Å². The molecule has 146 valence electrons. The Morgan fingerprint density at radius 2 is 1.89 bits per heavy atom. The van der Waals surface area contributed by atoms with E-state index in [1.165, 1.54) is 36.4 Å². The summed E-state index contributed by atoms with van der Waals surface area (Å²) in [5, 5.41) is 8.86. The van der Waals surface area contributed by atoms with E-state index >= 15 is 0 Å². The van der Waals surface area contributed by atoms with Gasteiger partial charge in [0, 0.05) is 11.8 Å². The van der Waals surface area contributed by atoms with Crippen molar-refractivity contribution in [3.05, 3.63) is 58.7 Å². The summed E-state index contributed by atoms with van der Waals surface area (Å²) in [4.78, 5) is 12.0. The predicted molar refractivity (Wildman–Crippen MR) is 109 cm³/mol. The number of sulfonamides is 1. The summed E-state index contributed by atoms with van der Waals surface area (Å²) in [6.07, 6.45) is 0. The van der Waals surface area contributed by atoms with Gasteiger partial charge in [0.05, 0.1) is 4.90 Å². The lowest BCUT2D eigenvalue weighted by atomic mass is 10.3. The van der Waals surface area contributed by atoms with Crippen molar-refractivity contribution in [1.29, 1.82) is 0 Å². The van der Waals surface area contributed by atoms with E-state index in [1.807, 2.05) is 0 Å². The Balaban J connectivity index is 1.62. The molecule has 0 aliphatic carbocycles. The minimum Gasteiger partial charge on any atom is -0.444 e. The molecule has 28 heavy (non-hydrogen) atoms. The van der Waals surface area contributed by atoms with E-state index in [0.717, 1.165) is 0 Å². The lowest BCUT2D eigenvalue weighted by Crippen LogP contribution is -2.33. The van der Waals surface area contributed by atoms with Gasteiger partial charge < -0.3 is 14.3 Å². The van der Waals surface area contributed by atoms with Crippen LogP contribution in [-0.4, -0.2) is 24.6 Å². The van der Waals surface area contributed by atoms with E-state index < -0.39 is 15.9 Å². The number of aryl methyl sites for hydroxylation is 1. The van der Waals surface area contributed by atoms with Crippen molar-refractivity contribution in [3.63, 3.8) is 0 Å². The van der Waals surface area contributed by atoms with Crippen molar-refractivity contribution >= 4 is 60.7 Å². The normalized spacial score (nSPS) is 11.1. The van der Waals surface area contributed by atoms with E-state index in [1.54, 1.807) is 13.0 Å². The van der Waals surface area contributed by atoms with Crippen LogP contribution in [0.4, 0.5) is 11.5 Å². The minimum atomic E-state index is -3.82. The Kier molecular flexibility index (Phi) is 5.82. The standard InChI is InChI=1S/C16H13BrN4O5S2/c1-9-8-14(20-26-9)21-28(23,24)11-4-2-10(3-5-11)18-16(27)19-15(22)12-6-7-13(17)25-12/h2-8H,1H3,(H,20,21)(H2,18,19,22,27). The molecule has 0 saturated carbocycles. The molecule has 0 radical (unpaired) electrons. The number of nitrogens with zero attached hydrogens (tertiary/aromatic N) is 1. The molecule has 2 heterocycles. The zero-order valence-electron chi connectivity index (χ0n) is 14.2. The quantitative estimate of drug-likeness (QED) is 0.470. The Morgan fingerprint density at radius 3 is 2.46 bits per heavy atom. The number of nitrogens with one attached hydrogen (secondary N) is 3. The molecular weight excluding hydrogens is 472 g/mol. The molecule has 1 aromatic carbocycles. The van der Waals surface area contributed by atoms with Crippen LogP contribution < -0.4 is 15.4 Å². The largest absolute Gasteiger partial charge is 0.444 e. The molecule has 0 atom stereocenters. The molecule has 0 bridgehead atoms. The Bertz CT molecular complexity index is 1120. The average molecular weight is 485 g/mol. The maximum Gasteiger partial charge on any atom is 0.293 e. The zero-order chi connectivity index (χ0) is 20.3. The van der Waals surface area contributed by atoms with Crippen molar-refractivity contribution in [3.8, 4) is 0 Å². The third kappa shape index (κ3) is 4.97. The molecule has 0 fully saturated rings. The Hall–Kier alpha value is -2.70. The van der Waals surface area contributed by atoms with Gasteiger partial charge in [-0.2, -0.15) is 0 Å². The van der Waals surface area contributed by atoms with Crippen molar-refractivity contribution in [1.82, 2.24) is 10.5 Å². The lowest BCUT2D eigenvalue weighted by molar-refractivity contribution is 0.0949. The molecule has 0 unspecified atom stereocenters. The number of furan rings is 1. The molecule has 12 heteroatoms. The van der Waals surface area contributed by atoms with Crippen LogP contribution in [0.15, 0.2) is 61.0 Å². The first-order chi connectivity index (χ1) is 13.2. The summed E-state index contributed by atoms with van der Waals surface area (Å²) >= 11 is 8.18. The van der Waals surface area contributed by atoms with Crippen molar-refractivity contribution < 1.29 is 22.2 Å². The van der Waals surface area contributed by atoms with Crippen molar-refractivity contribution in [2.24, 2.45) is 0 Å². The first-order valence-electron chi connectivity index (χ1n) is 7.67. The second kappa shape index (κ2) is 8.12.